The Labute approximate surface area is 91.8 Å². The first-order chi connectivity index (χ1) is 7.86. The smallest absolute Gasteiger partial charge is 0.153 e. The van der Waals surface area contributed by atoms with Crippen molar-refractivity contribution in [1.82, 2.24) is 9.38 Å². The summed E-state index contributed by atoms with van der Waals surface area (Å²) in [6, 6.07) is 7.43. The van der Waals surface area contributed by atoms with Gasteiger partial charge in [-0.25, -0.2) is 4.98 Å². The molecule has 1 N–H and O–H groups in total. The van der Waals surface area contributed by atoms with Crippen LogP contribution >= 0.6 is 0 Å². The zero-order valence-corrected chi connectivity index (χ0v) is 8.50. The maximum atomic E-state index is 9.04. The Kier molecular flexibility index (Phi) is 2.01. The van der Waals surface area contributed by atoms with Crippen molar-refractivity contribution in [3.8, 4) is 11.5 Å². The summed E-state index contributed by atoms with van der Waals surface area (Å²) in [4.78, 5) is 4.42. The summed E-state index contributed by atoms with van der Waals surface area (Å²) < 4.78 is 7.16. The van der Waals surface area contributed by atoms with Crippen LogP contribution in [0.1, 0.15) is 5.56 Å². The standard InChI is InChI=1S/C12H10N2O2/c15-8-9-3-4-12-13-10(7-14(12)6-9)11-2-1-5-16-11/h1-7,15H,8H2. The van der Waals surface area contributed by atoms with Gasteiger partial charge in [0, 0.05) is 12.4 Å². The van der Waals surface area contributed by atoms with Gasteiger partial charge in [0.2, 0.25) is 0 Å². The fraction of sp³-hybridized carbons (Fsp3) is 0.0833. The molecule has 0 amide bonds. The highest BCUT2D eigenvalue weighted by Gasteiger charge is 2.06. The van der Waals surface area contributed by atoms with E-state index in [1.54, 1.807) is 6.26 Å². The van der Waals surface area contributed by atoms with E-state index in [-0.39, 0.29) is 6.61 Å². The van der Waals surface area contributed by atoms with E-state index < -0.39 is 0 Å². The molecule has 0 bridgehead atoms. The zero-order chi connectivity index (χ0) is 11.0. The van der Waals surface area contributed by atoms with Crippen LogP contribution in [0, 0.1) is 0 Å². The van der Waals surface area contributed by atoms with Crippen molar-refractivity contribution in [3.63, 3.8) is 0 Å². The Morgan fingerprint density at radius 2 is 2.19 bits per heavy atom. The molecule has 3 rings (SSSR count). The minimum Gasteiger partial charge on any atom is -0.463 e. The fourth-order valence-corrected chi connectivity index (χ4v) is 1.67. The average Bonchev–Trinajstić information content (AvgIpc) is 2.96. The maximum absolute atomic E-state index is 9.04. The molecule has 0 fully saturated rings. The maximum Gasteiger partial charge on any atom is 0.153 e. The molecule has 3 aromatic heterocycles. The number of nitrogens with zero attached hydrogens (tertiary/aromatic N) is 2. The van der Waals surface area contributed by atoms with Crippen LogP contribution in [0.4, 0.5) is 0 Å². The molecule has 3 aromatic rings. The molecule has 16 heavy (non-hydrogen) atoms. The lowest BCUT2D eigenvalue weighted by molar-refractivity contribution is 0.281. The number of aliphatic hydroxyl groups is 1. The molecule has 0 spiro atoms. The summed E-state index contributed by atoms with van der Waals surface area (Å²) >= 11 is 0. The van der Waals surface area contributed by atoms with Crippen LogP contribution in [0.15, 0.2) is 47.3 Å². The second-order valence-electron chi connectivity index (χ2n) is 3.56. The molecule has 0 unspecified atom stereocenters. The summed E-state index contributed by atoms with van der Waals surface area (Å²) in [7, 11) is 0. The van der Waals surface area contributed by atoms with E-state index in [1.165, 1.54) is 0 Å². The Morgan fingerprint density at radius 3 is 2.94 bits per heavy atom. The Hall–Kier alpha value is -2.07. The van der Waals surface area contributed by atoms with Gasteiger partial charge in [0.05, 0.1) is 12.9 Å². The summed E-state index contributed by atoms with van der Waals surface area (Å²) in [5.41, 5.74) is 2.49. The molecule has 80 valence electrons. The van der Waals surface area contributed by atoms with Crippen molar-refractivity contribution in [2.45, 2.75) is 6.61 Å². The third-order valence-electron chi connectivity index (χ3n) is 2.47. The number of fused-ring (bicyclic) bond motifs is 1. The van der Waals surface area contributed by atoms with Gasteiger partial charge in [-0.1, -0.05) is 6.07 Å². The number of furan rings is 1. The van der Waals surface area contributed by atoms with Gasteiger partial charge < -0.3 is 13.9 Å². The number of rotatable bonds is 2. The van der Waals surface area contributed by atoms with Crippen LogP contribution in [0.3, 0.4) is 0 Å². The molecule has 0 radical (unpaired) electrons. The first-order valence-electron chi connectivity index (χ1n) is 4.99. The minimum absolute atomic E-state index is 0.0319. The second kappa shape index (κ2) is 3.50. The van der Waals surface area contributed by atoms with Crippen LogP contribution in [0.25, 0.3) is 17.1 Å². The lowest BCUT2D eigenvalue weighted by Crippen LogP contribution is -1.88. The largest absolute Gasteiger partial charge is 0.463 e. The van der Waals surface area contributed by atoms with Gasteiger partial charge in [0.1, 0.15) is 11.3 Å². The number of pyridine rings is 1. The van der Waals surface area contributed by atoms with Gasteiger partial charge in [-0.2, -0.15) is 0 Å². The number of aromatic nitrogens is 2. The zero-order valence-electron chi connectivity index (χ0n) is 8.50. The van der Waals surface area contributed by atoms with E-state index in [4.69, 9.17) is 9.52 Å². The first-order valence-corrected chi connectivity index (χ1v) is 4.99. The van der Waals surface area contributed by atoms with Crippen molar-refractivity contribution in [1.29, 1.82) is 0 Å². The number of hydrogen-bond donors (Lipinski definition) is 1. The number of imidazole rings is 1. The molecule has 0 aliphatic carbocycles. The van der Waals surface area contributed by atoms with Gasteiger partial charge in [-0.3, -0.25) is 0 Å². The second-order valence-corrected chi connectivity index (χ2v) is 3.56. The summed E-state index contributed by atoms with van der Waals surface area (Å²) in [6.45, 7) is 0.0319. The van der Waals surface area contributed by atoms with Gasteiger partial charge in [0.15, 0.2) is 5.76 Å². The summed E-state index contributed by atoms with van der Waals surface area (Å²) in [6.07, 6.45) is 5.36. The molecule has 0 saturated carbocycles. The lowest BCUT2D eigenvalue weighted by atomic mass is 10.3. The van der Waals surface area contributed by atoms with Crippen molar-refractivity contribution in [2.75, 3.05) is 0 Å². The third kappa shape index (κ3) is 1.40. The van der Waals surface area contributed by atoms with E-state index in [9.17, 15) is 0 Å². The van der Waals surface area contributed by atoms with Crippen molar-refractivity contribution in [3.05, 3.63) is 48.5 Å². The molecule has 0 atom stereocenters. The van der Waals surface area contributed by atoms with E-state index >= 15 is 0 Å². The summed E-state index contributed by atoms with van der Waals surface area (Å²) in [5.74, 6) is 0.745. The monoisotopic (exact) mass is 214 g/mol. The molecule has 3 heterocycles. The average molecular weight is 214 g/mol. The van der Waals surface area contributed by atoms with Crippen LogP contribution in [-0.4, -0.2) is 14.5 Å². The van der Waals surface area contributed by atoms with E-state index in [1.807, 2.05) is 41.1 Å². The van der Waals surface area contributed by atoms with Gasteiger partial charge in [-0.15, -0.1) is 0 Å². The third-order valence-corrected chi connectivity index (χ3v) is 2.47. The van der Waals surface area contributed by atoms with Crippen LogP contribution < -0.4 is 0 Å². The van der Waals surface area contributed by atoms with Crippen LogP contribution in [-0.2, 0) is 6.61 Å². The van der Waals surface area contributed by atoms with Crippen molar-refractivity contribution >= 4 is 5.65 Å². The molecule has 0 aliphatic heterocycles. The van der Waals surface area contributed by atoms with Crippen LogP contribution in [0.2, 0.25) is 0 Å². The molecule has 4 heteroatoms. The minimum atomic E-state index is 0.0319. The number of hydrogen-bond acceptors (Lipinski definition) is 3. The van der Waals surface area contributed by atoms with E-state index in [2.05, 4.69) is 4.98 Å². The van der Waals surface area contributed by atoms with Crippen molar-refractivity contribution < 1.29 is 9.52 Å². The molecule has 0 aromatic carbocycles. The predicted molar refractivity (Wildman–Crippen MR) is 58.8 cm³/mol. The van der Waals surface area contributed by atoms with E-state index in [0.717, 1.165) is 22.7 Å². The Morgan fingerprint density at radius 1 is 1.25 bits per heavy atom. The molecule has 0 saturated heterocycles. The van der Waals surface area contributed by atoms with E-state index in [0.29, 0.717) is 0 Å². The van der Waals surface area contributed by atoms with Gasteiger partial charge in [0.25, 0.3) is 0 Å². The van der Waals surface area contributed by atoms with Crippen LogP contribution in [0.5, 0.6) is 0 Å². The quantitative estimate of drug-likeness (QED) is 0.710. The van der Waals surface area contributed by atoms with Gasteiger partial charge in [-0.05, 0) is 23.8 Å². The summed E-state index contributed by atoms with van der Waals surface area (Å²) in [5, 5.41) is 9.04. The highest BCUT2D eigenvalue weighted by Crippen LogP contribution is 2.19. The molecule has 4 nitrogen and oxygen atoms in total. The highest BCUT2D eigenvalue weighted by molar-refractivity contribution is 5.57. The predicted octanol–water partition coefficient (Wildman–Crippen LogP) is 2.09. The van der Waals surface area contributed by atoms with Crippen molar-refractivity contribution in [2.24, 2.45) is 0 Å². The Bertz CT molecular complexity index is 611. The van der Waals surface area contributed by atoms with Gasteiger partial charge >= 0.3 is 0 Å². The topological polar surface area (TPSA) is 50.7 Å². The molecule has 0 aliphatic rings. The normalized spacial score (nSPS) is 11.1. The fourth-order valence-electron chi connectivity index (χ4n) is 1.67. The lowest BCUT2D eigenvalue weighted by Gasteiger charge is -1.96. The SMILES string of the molecule is OCc1ccc2nc(-c3ccco3)cn2c1. The number of aliphatic hydroxyl groups excluding tert-OH is 1. The molecular weight excluding hydrogens is 204 g/mol. The Balaban J connectivity index is 2.16. The highest BCUT2D eigenvalue weighted by atomic mass is 16.3. The first kappa shape index (κ1) is 9.18. The molecular formula is C12H10N2O2.